The second kappa shape index (κ2) is 11.6. The van der Waals surface area contributed by atoms with Gasteiger partial charge in [-0.3, -0.25) is 34.2 Å². The number of carbonyl (C=O) groups is 5. The van der Waals surface area contributed by atoms with Gasteiger partial charge in [0.15, 0.2) is 5.70 Å². The number of amides is 5. The molecule has 6 rings (SSSR count). The van der Waals surface area contributed by atoms with Gasteiger partial charge in [-0.05, 0) is 68.6 Å². The van der Waals surface area contributed by atoms with Gasteiger partial charge in [-0.2, -0.15) is 0 Å². The zero-order valence-electron chi connectivity index (χ0n) is 24.9. The molecule has 0 saturated carbocycles. The van der Waals surface area contributed by atoms with Gasteiger partial charge in [0, 0.05) is 49.7 Å². The highest BCUT2D eigenvalue weighted by Gasteiger charge is 2.52. The Kier molecular flexibility index (Phi) is 7.75. The zero-order valence-corrected chi connectivity index (χ0v) is 24.9. The number of hydrogen-bond donors (Lipinski definition) is 2. The van der Waals surface area contributed by atoms with Gasteiger partial charge in [-0.15, -0.1) is 0 Å². The predicted molar refractivity (Wildman–Crippen MR) is 160 cm³/mol. The number of piperidine rings is 1. The summed E-state index contributed by atoms with van der Waals surface area (Å²) in [4.78, 5) is 62.8. The van der Waals surface area contributed by atoms with Crippen LogP contribution in [0.25, 0.3) is 6.08 Å². The molecule has 5 amide bonds. The lowest BCUT2D eigenvalue weighted by Gasteiger charge is -2.30. The van der Waals surface area contributed by atoms with Crippen molar-refractivity contribution in [3.05, 3.63) is 70.2 Å². The maximum atomic E-state index is 15.5. The molecule has 1 saturated heterocycles. The van der Waals surface area contributed by atoms with Crippen LogP contribution < -0.4 is 15.4 Å². The third-order valence-electron chi connectivity index (χ3n) is 8.59. The Morgan fingerprint density at radius 3 is 2.64 bits per heavy atom. The fourth-order valence-corrected chi connectivity index (χ4v) is 6.41. The Hall–Kier alpha value is -4.88. The molecule has 4 aliphatic heterocycles. The second-order valence-electron chi connectivity index (χ2n) is 11.6. The van der Waals surface area contributed by atoms with E-state index in [1.807, 2.05) is 6.92 Å². The lowest BCUT2D eigenvalue weighted by Crippen LogP contribution is -2.54. The van der Waals surface area contributed by atoms with Crippen molar-refractivity contribution in [2.75, 3.05) is 13.2 Å². The Morgan fingerprint density at radius 2 is 1.87 bits per heavy atom. The molecule has 0 radical (unpaired) electrons. The highest BCUT2D eigenvalue weighted by atomic mass is 19.2. The minimum Gasteiger partial charge on any atom is -0.494 e. The number of unbranched alkanes of at least 4 members (excludes halogenated alkanes) is 1. The van der Waals surface area contributed by atoms with Gasteiger partial charge in [-0.25, -0.2) is 0 Å². The molecule has 0 aliphatic carbocycles. The van der Waals surface area contributed by atoms with Crippen LogP contribution in [-0.4, -0.2) is 75.3 Å². The molecule has 1 aromatic carbocycles. The van der Waals surface area contributed by atoms with Crippen molar-refractivity contribution >= 4 is 48.3 Å². The van der Waals surface area contributed by atoms with Gasteiger partial charge in [0.2, 0.25) is 17.7 Å². The summed E-state index contributed by atoms with van der Waals surface area (Å²) in [6.45, 7) is 0.0890. The molecule has 4 aliphatic rings. The summed E-state index contributed by atoms with van der Waals surface area (Å²) in [6, 6.07) is 5.23. The maximum Gasteiger partial charge on any atom is 0.737 e. The normalized spacial score (nSPS) is 19.8. The smallest absolute Gasteiger partial charge is 0.494 e. The van der Waals surface area contributed by atoms with Crippen molar-refractivity contribution in [2.45, 2.75) is 58.4 Å². The minimum atomic E-state index is -4.06. The molecule has 0 spiro atoms. The van der Waals surface area contributed by atoms with E-state index in [9.17, 15) is 24.0 Å². The number of nitrogens with one attached hydrogen (secondary N) is 2. The van der Waals surface area contributed by atoms with E-state index in [0.29, 0.717) is 47.9 Å². The number of allylic oxidation sites excluding steroid dienone is 2. The van der Waals surface area contributed by atoms with E-state index in [4.69, 9.17) is 4.74 Å². The van der Waals surface area contributed by atoms with E-state index >= 15 is 8.63 Å². The summed E-state index contributed by atoms with van der Waals surface area (Å²) in [5.74, 6) is -2.16. The number of rotatable bonds is 10. The number of hydrogen-bond acceptors (Lipinski definition) is 6. The highest BCUT2D eigenvalue weighted by Crippen LogP contribution is 2.35. The van der Waals surface area contributed by atoms with E-state index in [0.717, 1.165) is 19.4 Å². The highest BCUT2D eigenvalue weighted by molar-refractivity contribution is 6.58. The molecule has 5 heterocycles. The van der Waals surface area contributed by atoms with Crippen LogP contribution in [0.2, 0.25) is 0 Å². The molecular formula is C31H32BF2N5O6. The number of halogens is 2. The SMILES string of the molecule is Cc1cc(C)n2c1C=C1C=CC(CCC(=O)NCCCCOc3ccc4c(c3)C(=O)N(C3CCC(=O)NC3=O)C4=O)=[N+]1[B-]2(F)F. The zero-order chi connectivity index (χ0) is 32.0. The third-order valence-corrected chi connectivity index (χ3v) is 8.59. The first-order valence-electron chi connectivity index (χ1n) is 15.0. The van der Waals surface area contributed by atoms with E-state index in [1.165, 1.54) is 12.1 Å². The molecule has 234 valence electrons. The van der Waals surface area contributed by atoms with Crippen LogP contribution in [0.15, 0.2) is 42.1 Å². The molecular weight excluding hydrogens is 587 g/mol. The van der Waals surface area contributed by atoms with Crippen LogP contribution in [0, 0.1) is 13.8 Å². The molecule has 2 aromatic rings. The minimum absolute atomic E-state index is 0.0428. The van der Waals surface area contributed by atoms with Crippen molar-refractivity contribution < 1.29 is 41.8 Å². The van der Waals surface area contributed by atoms with Crippen molar-refractivity contribution in [3.63, 3.8) is 0 Å². The molecule has 1 atom stereocenters. The molecule has 14 heteroatoms. The van der Waals surface area contributed by atoms with E-state index in [1.54, 1.807) is 37.3 Å². The summed E-state index contributed by atoms with van der Waals surface area (Å²) in [6.07, 6.45) is 6.62. The van der Waals surface area contributed by atoms with Crippen LogP contribution in [0.1, 0.15) is 76.2 Å². The fraction of sp³-hybridized carbons (Fsp3) is 0.355. The Balaban J connectivity index is 0.951. The summed E-state index contributed by atoms with van der Waals surface area (Å²) >= 11 is 0. The molecule has 0 bridgehead atoms. The van der Waals surface area contributed by atoms with E-state index < -0.39 is 36.6 Å². The Bertz CT molecular complexity index is 1760. The number of ether oxygens (including phenoxy) is 1. The number of carbonyl (C=O) groups excluding carboxylic acids is 5. The van der Waals surface area contributed by atoms with Gasteiger partial charge in [-0.1, -0.05) is 0 Å². The van der Waals surface area contributed by atoms with Crippen LogP contribution >= 0.6 is 0 Å². The molecule has 11 nitrogen and oxygen atoms in total. The number of benzene rings is 1. The molecule has 1 unspecified atom stereocenters. The number of fused-ring (bicyclic) bond motifs is 3. The largest absolute Gasteiger partial charge is 0.737 e. The summed E-state index contributed by atoms with van der Waals surface area (Å²) < 4.78 is 39.0. The number of aromatic nitrogens is 1. The number of aryl methyl sites for hydroxylation is 2. The molecule has 45 heavy (non-hydrogen) atoms. The van der Waals surface area contributed by atoms with E-state index in [2.05, 4.69) is 10.6 Å². The molecule has 1 aromatic heterocycles. The molecule has 1 fully saturated rings. The number of imide groups is 2. The predicted octanol–water partition coefficient (Wildman–Crippen LogP) is 2.86. The lowest BCUT2D eigenvalue weighted by atomic mass is 9.90. The number of nitrogens with zero attached hydrogens (tertiary/aromatic N) is 3. The third kappa shape index (κ3) is 5.38. The van der Waals surface area contributed by atoms with Crippen LogP contribution in [-0.2, 0) is 14.4 Å². The topological polar surface area (TPSA) is 130 Å². The fourth-order valence-electron chi connectivity index (χ4n) is 6.41. The Labute approximate surface area is 257 Å². The van der Waals surface area contributed by atoms with Crippen molar-refractivity contribution in [2.24, 2.45) is 0 Å². The lowest BCUT2D eigenvalue weighted by molar-refractivity contribution is -0.362. The van der Waals surface area contributed by atoms with Gasteiger partial charge >= 0.3 is 6.97 Å². The van der Waals surface area contributed by atoms with Crippen molar-refractivity contribution in [1.29, 1.82) is 0 Å². The first-order chi connectivity index (χ1) is 21.5. The van der Waals surface area contributed by atoms with Crippen LogP contribution in [0.3, 0.4) is 0 Å². The van der Waals surface area contributed by atoms with E-state index in [-0.39, 0.29) is 49.3 Å². The quantitative estimate of drug-likeness (QED) is 0.239. The average molecular weight is 619 g/mol. The monoisotopic (exact) mass is 619 g/mol. The maximum absolute atomic E-state index is 15.5. The standard InChI is InChI=1S/C31H32BF2N5O6/c1-18-15-19(2)38-26(18)16-21-6-5-20(39(21)32(38,33)34)7-11-27(40)35-13-3-4-14-45-22-8-9-23-24(17-22)31(44)37(30(23)43)25-10-12-28(41)36-29(25)42/h5-6,8-9,15-17,25H,3-4,7,10-14H2,1-2H3,(H,35,40)(H,36,41,42). The first-order valence-corrected chi connectivity index (χ1v) is 15.0. The summed E-state index contributed by atoms with van der Waals surface area (Å²) in [5, 5.41) is 4.98. The summed E-state index contributed by atoms with van der Waals surface area (Å²) in [5.41, 5.74) is 2.93. The van der Waals surface area contributed by atoms with Gasteiger partial charge in [0.05, 0.1) is 17.7 Å². The molecule has 2 N–H and O–H groups in total. The first kappa shape index (κ1) is 30.2. The van der Waals surface area contributed by atoms with Gasteiger partial charge in [0.25, 0.3) is 11.8 Å². The Morgan fingerprint density at radius 1 is 1.09 bits per heavy atom. The van der Waals surface area contributed by atoms with Gasteiger partial charge < -0.3 is 27.6 Å². The van der Waals surface area contributed by atoms with Crippen LogP contribution in [0.4, 0.5) is 8.63 Å². The van der Waals surface area contributed by atoms with Crippen LogP contribution in [0.5, 0.6) is 5.75 Å². The summed E-state index contributed by atoms with van der Waals surface area (Å²) in [7, 11) is 0. The average Bonchev–Trinajstić information content (AvgIpc) is 3.62. The second-order valence-corrected chi connectivity index (χ2v) is 11.6. The van der Waals surface area contributed by atoms with Crippen molar-refractivity contribution in [3.8, 4) is 5.75 Å². The van der Waals surface area contributed by atoms with Gasteiger partial charge in [0.1, 0.15) is 17.5 Å². The van der Waals surface area contributed by atoms with Crippen molar-refractivity contribution in [1.82, 2.24) is 20.0 Å².